The molecule has 0 radical (unpaired) electrons. The summed E-state index contributed by atoms with van der Waals surface area (Å²) in [5, 5.41) is 5.50. The van der Waals surface area contributed by atoms with Crippen LogP contribution in [-0.2, 0) is 14.3 Å². The van der Waals surface area contributed by atoms with Gasteiger partial charge in [-0.3, -0.25) is 9.59 Å². The van der Waals surface area contributed by atoms with E-state index < -0.39 is 17.7 Å². The zero-order valence-corrected chi connectivity index (χ0v) is 23.6. The number of anilines is 1. The summed E-state index contributed by atoms with van der Waals surface area (Å²) in [6, 6.07) is 13.7. The standard InChI is InChI=1S/C30H43N3O5/c1-7-8-9-10-11-19-33(26(34)21-31-29(36)38-30(3,4)5)27(23-14-12-13-22(2)20-23)28(35)32-24-15-17-25(37-6)18-16-24/h12-18,20,27H,7-11,19,21H2,1-6H3,(H,31,36)(H,32,35). The summed E-state index contributed by atoms with van der Waals surface area (Å²) < 4.78 is 10.5. The number of rotatable bonds is 13. The fourth-order valence-corrected chi connectivity index (χ4v) is 4.05. The Kier molecular flexibility index (Phi) is 12.1. The third-order valence-corrected chi connectivity index (χ3v) is 5.88. The molecule has 0 aliphatic rings. The maximum atomic E-state index is 13.7. The molecule has 0 aliphatic carbocycles. The molecule has 38 heavy (non-hydrogen) atoms. The zero-order valence-electron chi connectivity index (χ0n) is 23.6. The second kappa shape index (κ2) is 15.0. The third kappa shape index (κ3) is 10.4. The van der Waals surface area contributed by atoms with E-state index in [9.17, 15) is 14.4 Å². The van der Waals surface area contributed by atoms with Crippen LogP contribution in [-0.4, -0.2) is 48.6 Å². The molecule has 0 aromatic heterocycles. The van der Waals surface area contributed by atoms with Crippen LogP contribution in [0.2, 0.25) is 0 Å². The molecule has 0 saturated heterocycles. The van der Waals surface area contributed by atoms with Crippen molar-refractivity contribution >= 4 is 23.6 Å². The van der Waals surface area contributed by atoms with Gasteiger partial charge in [-0.1, -0.05) is 62.4 Å². The summed E-state index contributed by atoms with van der Waals surface area (Å²) in [6.45, 7) is 9.48. The molecule has 2 aromatic carbocycles. The maximum Gasteiger partial charge on any atom is 0.408 e. The van der Waals surface area contributed by atoms with E-state index in [1.165, 1.54) is 0 Å². The lowest BCUT2D eigenvalue weighted by Crippen LogP contribution is -2.47. The van der Waals surface area contributed by atoms with Crippen molar-refractivity contribution in [3.05, 3.63) is 59.7 Å². The van der Waals surface area contributed by atoms with Crippen molar-refractivity contribution < 1.29 is 23.9 Å². The summed E-state index contributed by atoms with van der Waals surface area (Å²) in [7, 11) is 1.58. The summed E-state index contributed by atoms with van der Waals surface area (Å²) in [6.07, 6.45) is 4.30. The summed E-state index contributed by atoms with van der Waals surface area (Å²) in [5.41, 5.74) is 1.59. The molecule has 0 bridgehead atoms. The monoisotopic (exact) mass is 525 g/mol. The Morgan fingerprint density at radius 2 is 1.66 bits per heavy atom. The molecule has 0 spiro atoms. The van der Waals surface area contributed by atoms with Gasteiger partial charge in [-0.05, 0) is 63.9 Å². The predicted molar refractivity (Wildman–Crippen MR) is 150 cm³/mol. The van der Waals surface area contributed by atoms with Crippen molar-refractivity contribution in [1.29, 1.82) is 0 Å². The van der Waals surface area contributed by atoms with Crippen molar-refractivity contribution in [2.45, 2.75) is 78.4 Å². The quantitative estimate of drug-likeness (QED) is 0.312. The first-order chi connectivity index (χ1) is 18.0. The van der Waals surface area contributed by atoms with E-state index in [1.54, 1.807) is 57.0 Å². The van der Waals surface area contributed by atoms with Crippen LogP contribution in [0.1, 0.15) is 77.0 Å². The SMILES string of the molecule is CCCCCCCN(C(=O)CNC(=O)OC(C)(C)C)C(C(=O)Nc1ccc(OC)cc1)c1cccc(C)c1. The molecule has 0 aliphatic heterocycles. The molecule has 3 amide bonds. The maximum absolute atomic E-state index is 13.7. The molecular weight excluding hydrogens is 482 g/mol. The number of amides is 3. The van der Waals surface area contributed by atoms with E-state index >= 15 is 0 Å². The van der Waals surface area contributed by atoms with Crippen LogP contribution in [0.4, 0.5) is 10.5 Å². The third-order valence-electron chi connectivity index (χ3n) is 5.88. The Bertz CT molecular complexity index is 1050. The number of carbonyl (C=O) groups is 3. The van der Waals surface area contributed by atoms with Crippen molar-refractivity contribution in [3.8, 4) is 5.75 Å². The first-order valence-corrected chi connectivity index (χ1v) is 13.3. The zero-order chi connectivity index (χ0) is 28.1. The highest BCUT2D eigenvalue weighted by atomic mass is 16.6. The number of unbranched alkanes of at least 4 members (excludes halogenated alkanes) is 4. The highest BCUT2D eigenvalue weighted by molar-refractivity contribution is 5.98. The molecule has 8 heteroatoms. The van der Waals surface area contributed by atoms with Gasteiger partial charge in [0.2, 0.25) is 5.91 Å². The minimum Gasteiger partial charge on any atom is -0.497 e. The lowest BCUT2D eigenvalue weighted by atomic mass is 10.0. The molecule has 208 valence electrons. The fourth-order valence-electron chi connectivity index (χ4n) is 4.05. The van der Waals surface area contributed by atoms with Gasteiger partial charge in [-0.25, -0.2) is 4.79 Å². The molecule has 1 unspecified atom stereocenters. The largest absolute Gasteiger partial charge is 0.497 e. The topological polar surface area (TPSA) is 97.0 Å². The Morgan fingerprint density at radius 1 is 0.974 bits per heavy atom. The molecule has 0 heterocycles. The molecule has 1 atom stereocenters. The summed E-state index contributed by atoms with van der Waals surface area (Å²) in [4.78, 5) is 41.1. The number of methoxy groups -OCH3 is 1. The van der Waals surface area contributed by atoms with Crippen molar-refractivity contribution in [1.82, 2.24) is 10.2 Å². The average molecular weight is 526 g/mol. The normalized spacial score (nSPS) is 11.8. The molecule has 2 N–H and O–H groups in total. The highest BCUT2D eigenvalue weighted by Crippen LogP contribution is 2.26. The van der Waals surface area contributed by atoms with Gasteiger partial charge in [0.25, 0.3) is 5.91 Å². The molecule has 2 rings (SSSR count). The van der Waals surface area contributed by atoms with Gasteiger partial charge < -0.3 is 25.0 Å². The smallest absolute Gasteiger partial charge is 0.408 e. The van der Waals surface area contributed by atoms with E-state index in [2.05, 4.69) is 17.6 Å². The lowest BCUT2D eigenvalue weighted by molar-refractivity contribution is -0.138. The van der Waals surface area contributed by atoms with E-state index in [-0.39, 0.29) is 18.4 Å². The Labute approximate surface area is 227 Å². The second-order valence-corrected chi connectivity index (χ2v) is 10.4. The van der Waals surface area contributed by atoms with Crippen molar-refractivity contribution in [3.63, 3.8) is 0 Å². The van der Waals surface area contributed by atoms with Crippen LogP contribution in [0, 0.1) is 6.92 Å². The van der Waals surface area contributed by atoms with E-state index in [0.717, 1.165) is 37.7 Å². The van der Waals surface area contributed by atoms with Crippen LogP contribution in [0.25, 0.3) is 0 Å². The number of nitrogens with zero attached hydrogens (tertiary/aromatic N) is 1. The van der Waals surface area contributed by atoms with Crippen LogP contribution in [0.3, 0.4) is 0 Å². The van der Waals surface area contributed by atoms with Gasteiger partial charge >= 0.3 is 6.09 Å². The number of alkyl carbamates (subject to hydrolysis) is 1. The highest BCUT2D eigenvalue weighted by Gasteiger charge is 2.32. The molecular formula is C30H43N3O5. The number of aryl methyl sites for hydroxylation is 1. The first-order valence-electron chi connectivity index (χ1n) is 13.3. The van der Waals surface area contributed by atoms with Gasteiger partial charge in [-0.2, -0.15) is 0 Å². The number of nitrogens with one attached hydrogen (secondary N) is 2. The minimum atomic E-state index is -0.879. The second-order valence-electron chi connectivity index (χ2n) is 10.4. The van der Waals surface area contributed by atoms with Crippen molar-refractivity contribution in [2.75, 3.05) is 25.5 Å². The van der Waals surface area contributed by atoms with E-state index in [1.807, 2.05) is 31.2 Å². The van der Waals surface area contributed by atoms with Crippen LogP contribution < -0.4 is 15.4 Å². The molecule has 0 saturated carbocycles. The predicted octanol–water partition coefficient (Wildman–Crippen LogP) is 6.01. The number of hydrogen-bond donors (Lipinski definition) is 2. The van der Waals surface area contributed by atoms with Gasteiger partial charge in [0, 0.05) is 12.2 Å². The number of ether oxygens (including phenoxy) is 2. The van der Waals surface area contributed by atoms with Crippen LogP contribution in [0.5, 0.6) is 5.75 Å². The summed E-state index contributed by atoms with van der Waals surface area (Å²) in [5.74, 6) is -0.0157. The van der Waals surface area contributed by atoms with Crippen LogP contribution in [0.15, 0.2) is 48.5 Å². The Balaban J connectivity index is 2.33. The minimum absolute atomic E-state index is 0.276. The van der Waals surface area contributed by atoms with Crippen LogP contribution >= 0.6 is 0 Å². The summed E-state index contributed by atoms with van der Waals surface area (Å²) >= 11 is 0. The number of carbonyl (C=O) groups excluding carboxylic acids is 3. The Hall–Kier alpha value is -3.55. The first kappa shape index (κ1) is 30.7. The fraction of sp³-hybridized carbons (Fsp3) is 0.500. The number of benzene rings is 2. The van der Waals surface area contributed by atoms with E-state index in [4.69, 9.17) is 9.47 Å². The molecule has 8 nitrogen and oxygen atoms in total. The van der Waals surface area contributed by atoms with Crippen molar-refractivity contribution in [2.24, 2.45) is 0 Å². The van der Waals surface area contributed by atoms with Gasteiger partial charge in [0.1, 0.15) is 23.9 Å². The molecule has 2 aromatic rings. The Morgan fingerprint density at radius 3 is 2.26 bits per heavy atom. The number of hydrogen-bond acceptors (Lipinski definition) is 5. The van der Waals surface area contributed by atoms with Gasteiger partial charge in [-0.15, -0.1) is 0 Å². The lowest BCUT2D eigenvalue weighted by Gasteiger charge is -2.32. The average Bonchev–Trinajstić information content (AvgIpc) is 2.86. The van der Waals surface area contributed by atoms with Gasteiger partial charge in [0.05, 0.1) is 7.11 Å². The van der Waals surface area contributed by atoms with E-state index in [0.29, 0.717) is 23.5 Å². The van der Waals surface area contributed by atoms with Gasteiger partial charge in [0.15, 0.2) is 0 Å². The molecule has 0 fully saturated rings.